The Morgan fingerprint density at radius 1 is 0.600 bits per heavy atom. The van der Waals surface area contributed by atoms with E-state index < -0.39 is 0 Å². The zero-order valence-corrected chi connectivity index (χ0v) is 4.37. The van der Waals surface area contributed by atoms with Crippen LogP contribution in [0.2, 0.25) is 0 Å². The van der Waals surface area contributed by atoms with Crippen LogP contribution in [0.4, 0.5) is 0 Å². The molecular formula is H6AlClO3+2. The van der Waals surface area contributed by atoms with Gasteiger partial charge in [0.2, 0.25) is 0 Å². The van der Waals surface area contributed by atoms with Gasteiger partial charge in [0.05, 0.1) is 0 Å². The Hall–Kier alpha value is 0.702. The molecule has 0 radical (unpaired) electrons. The van der Waals surface area contributed by atoms with Crippen molar-refractivity contribution < 1.29 is 28.8 Å². The molecule has 0 aliphatic heterocycles. The van der Waals surface area contributed by atoms with Gasteiger partial charge < -0.3 is 28.8 Å². The standard InChI is InChI=1S/Al.ClH.3H2O/h;1H;3*1H2/q+3;;;;/p-1. The molecular weight excluding hydrogens is 110 g/mol. The Balaban J connectivity index is 0. The van der Waals surface area contributed by atoms with Gasteiger partial charge in [0.15, 0.2) is 0 Å². The van der Waals surface area contributed by atoms with Crippen molar-refractivity contribution in [3.05, 3.63) is 0 Å². The van der Waals surface area contributed by atoms with Crippen molar-refractivity contribution >= 4 is 17.4 Å². The number of halogens is 1. The maximum atomic E-state index is 0. The summed E-state index contributed by atoms with van der Waals surface area (Å²) in [6.45, 7) is 0. The van der Waals surface area contributed by atoms with E-state index in [1.807, 2.05) is 0 Å². The van der Waals surface area contributed by atoms with Crippen LogP contribution in [0.15, 0.2) is 0 Å². The van der Waals surface area contributed by atoms with E-state index in [2.05, 4.69) is 0 Å². The van der Waals surface area contributed by atoms with Gasteiger partial charge in [-0.15, -0.1) is 0 Å². The maximum Gasteiger partial charge on any atom is 3.00 e. The molecule has 0 aromatic carbocycles. The molecule has 3 nitrogen and oxygen atoms in total. The first kappa shape index (κ1) is 256. The van der Waals surface area contributed by atoms with Crippen LogP contribution in [0.1, 0.15) is 0 Å². The van der Waals surface area contributed by atoms with Crippen LogP contribution in [0.25, 0.3) is 0 Å². The van der Waals surface area contributed by atoms with E-state index in [4.69, 9.17) is 0 Å². The SMILES string of the molecule is O.O.O.[Al+3].[Cl-]. The second kappa shape index (κ2) is 131. The fraction of sp³-hybridized carbons (Fsp3) is 0. The summed E-state index contributed by atoms with van der Waals surface area (Å²) >= 11 is 0. The topological polar surface area (TPSA) is 94.5 Å². The van der Waals surface area contributed by atoms with Gasteiger partial charge in [0.25, 0.3) is 0 Å². The van der Waals surface area contributed by atoms with Gasteiger partial charge in [-0.3, -0.25) is 0 Å². The van der Waals surface area contributed by atoms with Crippen molar-refractivity contribution in [2.75, 3.05) is 0 Å². The molecule has 0 rings (SSSR count). The van der Waals surface area contributed by atoms with Crippen LogP contribution in [0, 0.1) is 0 Å². The molecule has 5 heteroatoms. The van der Waals surface area contributed by atoms with Crippen molar-refractivity contribution in [2.45, 2.75) is 0 Å². The minimum atomic E-state index is 0. The molecule has 0 aromatic rings. The van der Waals surface area contributed by atoms with E-state index in [0.717, 1.165) is 0 Å². The van der Waals surface area contributed by atoms with E-state index in [1.54, 1.807) is 0 Å². The summed E-state index contributed by atoms with van der Waals surface area (Å²) in [5.41, 5.74) is 0. The van der Waals surface area contributed by atoms with E-state index in [1.165, 1.54) is 0 Å². The Kier molecular flexibility index (Phi) is 6680. The molecule has 0 aliphatic rings. The van der Waals surface area contributed by atoms with Gasteiger partial charge in [-0.05, 0) is 0 Å². The van der Waals surface area contributed by atoms with Gasteiger partial charge in [-0.1, -0.05) is 0 Å². The molecule has 0 fully saturated rings. The summed E-state index contributed by atoms with van der Waals surface area (Å²) in [6.07, 6.45) is 0. The molecule has 0 amide bonds. The maximum absolute atomic E-state index is 0. The van der Waals surface area contributed by atoms with E-state index in [0.29, 0.717) is 0 Å². The van der Waals surface area contributed by atoms with Crippen molar-refractivity contribution in [1.29, 1.82) is 0 Å². The normalized spacial score (nSPS) is 0. The van der Waals surface area contributed by atoms with Crippen LogP contribution in [0.5, 0.6) is 0 Å². The average Bonchev–Trinajstić information content (AvgIpc) is 0. The predicted octanol–water partition coefficient (Wildman–Crippen LogP) is -5.85. The molecule has 0 spiro atoms. The molecule has 0 heterocycles. The van der Waals surface area contributed by atoms with Crippen molar-refractivity contribution in [3.63, 3.8) is 0 Å². The molecule has 0 aliphatic carbocycles. The molecule has 0 saturated carbocycles. The Labute approximate surface area is 46.8 Å². The number of hydrogen-bond donors (Lipinski definition) is 0. The van der Waals surface area contributed by atoms with Gasteiger partial charge >= 0.3 is 17.4 Å². The molecule has 5 heavy (non-hydrogen) atoms. The minimum Gasteiger partial charge on any atom is -1.00 e. The Bertz CT molecular complexity index is 6.85. The molecule has 0 atom stereocenters. The smallest absolute Gasteiger partial charge is 1.00 e. The minimum absolute atomic E-state index is 0. The van der Waals surface area contributed by atoms with Crippen molar-refractivity contribution in [3.8, 4) is 0 Å². The number of hydrogen-bond acceptors (Lipinski definition) is 0. The Morgan fingerprint density at radius 2 is 0.600 bits per heavy atom. The van der Waals surface area contributed by atoms with E-state index in [9.17, 15) is 0 Å². The number of rotatable bonds is 0. The van der Waals surface area contributed by atoms with Gasteiger partial charge in [-0.2, -0.15) is 0 Å². The third-order valence-electron chi connectivity index (χ3n) is 0. The first-order valence-corrected chi connectivity index (χ1v) is 0. The monoisotopic (exact) mass is 116 g/mol. The van der Waals surface area contributed by atoms with Crippen LogP contribution in [-0.4, -0.2) is 33.8 Å². The summed E-state index contributed by atoms with van der Waals surface area (Å²) in [5, 5.41) is 0. The quantitative estimate of drug-likeness (QED) is 0.282. The largest absolute Gasteiger partial charge is 3.00 e. The molecule has 6 N–H and O–H groups in total. The van der Waals surface area contributed by atoms with E-state index in [-0.39, 0.29) is 46.2 Å². The van der Waals surface area contributed by atoms with Gasteiger partial charge in [-0.25, -0.2) is 0 Å². The molecule has 32 valence electrons. The summed E-state index contributed by atoms with van der Waals surface area (Å²) < 4.78 is 0. The summed E-state index contributed by atoms with van der Waals surface area (Å²) in [5.74, 6) is 0. The van der Waals surface area contributed by atoms with E-state index >= 15 is 0 Å². The third-order valence-corrected chi connectivity index (χ3v) is 0. The second-order valence-electron chi connectivity index (χ2n) is 0. The zero-order chi connectivity index (χ0) is 0. The molecule has 0 bridgehead atoms. The van der Waals surface area contributed by atoms with Crippen LogP contribution < -0.4 is 12.4 Å². The van der Waals surface area contributed by atoms with Crippen LogP contribution in [0.3, 0.4) is 0 Å². The first-order chi connectivity index (χ1) is 0. The molecule has 0 saturated heterocycles. The zero-order valence-electron chi connectivity index (χ0n) is 2.46. The summed E-state index contributed by atoms with van der Waals surface area (Å²) in [7, 11) is 0. The first-order valence-electron chi connectivity index (χ1n) is 0. The summed E-state index contributed by atoms with van der Waals surface area (Å²) in [4.78, 5) is 0. The van der Waals surface area contributed by atoms with Crippen molar-refractivity contribution in [1.82, 2.24) is 0 Å². The summed E-state index contributed by atoms with van der Waals surface area (Å²) in [6, 6.07) is 0. The van der Waals surface area contributed by atoms with Crippen LogP contribution >= 0.6 is 0 Å². The van der Waals surface area contributed by atoms with Crippen molar-refractivity contribution in [2.24, 2.45) is 0 Å². The average molecular weight is 116 g/mol. The fourth-order valence-corrected chi connectivity index (χ4v) is 0. The van der Waals surface area contributed by atoms with Crippen LogP contribution in [-0.2, 0) is 0 Å². The Morgan fingerprint density at radius 3 is 0.600 bits per heavy atom. The van der Waals surface area contributed by atoms with Gasteiger partial charge in [0.1, 0.15) is 0 Å². The van der Waals surface area contributed by atoms with Gasteiger partial charge in [0, 0.05) is 0 Å². The third kappa shape index (κ3) is 69.6. The second-order valence-corrected chi connectivity index (χ2v) is 0. The fourth-order valence-electron chi connectivity index (χ4n) is 0. The molecule has 0 unspecified atom stereocenters. The predicted molar refractivity (Wildman–Crippen MR) is 16.6 cm³/mol. The molecule has 0 aromatic heterocycles.